The summed E-state index contributed by atoms with van der Waals surface area (Å²) in [6.07, 6.45) is 0. The van der Waals surface area contributed by atoms with E-state index in [1.165, 1.54) is 38.5 Å². The number of sulfonamides is 1. The number of hydrogen-bond acceptors (Lipinski definition) is 6. The molecule has 0 aromatic heterocycles. The number of ether oxygens (including phenoxy) is 2. The molecule has 1 N–H and O–H groups in total. The van der Waals surface area contributed by atoms with Crippen molar-refractivity contribution in [3.63, 3.8) is 0 Å². The average Bonchev–Trinajstić information content (AvgIpc) is 2.80. The van der Waals surface area contributed by atoms with Crippen molar-refractivity contribution in [2.24, 2.45) is 0 Å². The number of fused-ring (bicyclic) bond motifs is 2. The highest BCUT2D eigenvalue weighted by Crippen LogP contribution is 2.32. The van der Waals surface area contributed by atoms with Gasteiger partial charge in [0, 0.05) is 28.8 Å². The number of benzene rings is 3. The molecule has 3 aromatic rings. The van der Waals surface area contributed by atoms with Gasteiger partial charge in [-0.2, -0.15) is 0 Å². The van der Waals surface area contributed by atoms with E-state index in [1.807, 2.05) is 0 Å². The van der Waals surface area contributed by atoms with E-state index >= 15 is 0 Å². The summed E-state index contributed by atoms with van der Waals surface area (Å²) in [6.45, 7) is -0.0922. The van der Waals surface area contributed by atoms with Crippen LogP contribution in [-0.4, -0.2) is 34.2 Å². The SMILES string of the molecule is COc1ccc(OC)c(CNS(=O)(=O)c2cccc3c2C(=O)c2ccccc2C3=O)c1. The lowest BCUT2D eigenvalue weighted by Crippen LogP contribution is -2.29. The highest BCUT2D eigenvalue weighted by atomic mass is 32.2. The van der Waals surface area contributed by atoms with Gasteiger partial charge in [0.15, 0.2) is 11.6 Å². The molecule has 8 heteroatoms. The lowest BCUT2D eigenvalue weighted by atomic mass is 9.84. The minimum Gasteiger partial charge on any atom is -0.497 e. The van der Waals surface area contributed by atoms with Crippen LogP contribution in [0.25, 0.3) is 0 Å². The maximum Gasteiger partial charge on any atom is 0.241 e. The van der Waals surface area contributed by atoms with Crippen LogP contribution in [0.3, 0.4) is 0 Å². The molecule has 0 saturated heterocycles. The van der Waals surface area contributed by atoms with Crippen LogP contribution in [-0.2, 0) is 16.6 Å². The van der Waals surface area contributed by atoms with Crippen LogP contribution in [0.15, 0.2) is 65.6 Å². The topological polar surface area (TPSA) is 98.8 Å². The van der Waals surface area contributed by atoms with Crippen LogP contribution in [0, 0.1) is 0 Å². The normalized spacial score (nSPS) is 12.8. The summed E-state index contributed by atoms with van der Waals surface area (Å²) in [5, 5.41) is 0. The smallest absolute Gasteiger partial charge is 0.241 e. The van der Waals surface area contributed by atoms with E-state index in [9.17, 15) is 18.0 Å². The van der Waals surface area contributed by atoms with Crippen LogP contribution in [0.2, 0.25) is 0 Å². The molecule has 0 bridgehead atoms. The van der Waals surface area contributed by atoms with E-state index < -0.39 is 15.8 Å². The molecule has 0 saturated carbocycles. The summed E-state index contributed by atoms with van der Waals surface area (Å²) in [4.78, 5) is 25.7. The number of methoxy groups -OCH3 is 2. The lowest BCUT2D eigenvalue weighted by Gasteiger charge is -2.20. The van der Waals surface area contributed by atoms with Gasteiger partial charge < -0.3 is 9.47 Å². The summed E-state index contributed by atoms with van der Waals surface area (Å²) in [5.74, 6) is 0.157. The third kappa shape index (κ3) is 3.60. The molecular weight excluding hydrogens is 418 g/mol. The number of hydrogen-bond donors (Lipinski definition) is 1. The van der Waals surface area contributed by atoms with Crippen molar-refractivity contribution in [1.29, 1.82) is 0 Å². The number of rotatable bonds is 6. The summed E-state index contributed by atoms with van der Waals surface area (Å²) in [7, 11) is -1.14. The second-order valence-electron chi connectivity index (χ2n) is 6.88. The van der Waals surface area contributed by atoms with Gasteiger partial charge in [0.25, 0.3) is 0 Å². The van der Waals surface area contributed by atoms with Crippen LogP contribution in [0.4, 0.5) is 0 Å². The Labute approximate surface area is 179 Å². The molecular formula is C23H19NO6S. The van der Waals surface area contributed by atoms with Crippen molar-refractivity contribution < 1.29 is 27.5 Å². The molecule has 1 aliphatic rings. The first-order valence-corrected chi connectivity index (χ1v) is 10.9. The van der Waals surface area contributed by atoms with E-state index in [0.29, 0.717) is 17.1 Å². The molecule has 158 valence electrons. The third-order valence-corrected chi connectivity index (χ3v) is 6.59. The van der Waals surface area contributed by atoms with Gasteiger partial charge in [-0.05, 0) is 24.3 Å². The zero-order chi connectivity index (χ0) is 22.2. The fraction of sp³-hybridized carbons (Fsp3) is 0.130. The van der Waals surface area contributed by atoms with Crippen LogP contribution in [0.1, 0.15) is 37.4 Å². The summed E-state index contributed by atoms with van der Waals surface area (Å²) in [6, 6.07) is 15.7. The summed E-state index contributed by atoms with van der Waals surface area (Å²) >= 11 is 0. The minimum atomic E-state index is -4.12. The van der Waals surface area contributed by atoms with Crippen molar-refractivity contribution >= 4 is 21.6 Å². The Kier molecular flexibility index (Phi) is 5.34. The predicted molar refractivity (Wildman–Crippen MR) is 113 cm³/mol. The first kappa shape index (κ1) is 20.8. The standard InChI is InChI=1S/C23H19NO6S/c1-29-15-10-11-19(30-2)14(12-15)13-24-31(27,28)20-9-5-8-18-21(20)23(26)17-7-4-3-6-16(17)22(18)25/h3-12,24H,13H2,1-2H3. The Morgan fingerprint density at radius 2 is 1.48 bits per heavy atom. The number of nitrogens with one attached hydrogen (secondary N) is 1. The molecule has 0 spiro atoms. The second kappa shape index (κ2) is 7.98. The van der Waals surface area contributed by atoms with Gasteiger partial charge >= 0.3 is 0 Å². The third-order valence-electron chi connectivity index (χ3n) is 5.14. The van der Waals surface area contributed by atoms with Gasteiger partial charge in [0.2, 0.25) is 10.0 Å². The highest BCUT2D eigenvalue weighted by Gasteiger charge is 2.34. The van der Waals surface area contributed by atoms with Crippen molar-refractivity contribution in [3.05, 3.63) is 88.5 Å². The van der Waals surface area contributed by atoms with E-state index in [2.05, 4.69) is 4.72 Å². The Hall–Kier alpha value is -3.49. The molecule has 0 heterocycles. The number of carbonyl (C=O) groups is 2. The van der Waals surface area contributed by atoms with E-state index in [0.717, 1.165) is 0 Å². The number of ketones is 2. The van der Waals surface area contributed by atoms with Crippen molar-refractivity contribution in [2.45, 2.75) is 11.4 Å². The average molecular weight is 437 g/mol. The molecule has 0 radical (unpaired) electrons. The maximum atomic E-state index is 13.1. The lowest BCUT2D eigenvalue weighted by molar-refractivity contribution is 0.0976. The van der Waals surface area contributed by atoms with Gasteiger partial charge in [0.1, 0.15) is 11.5 Å². The molecule has 31 heavy (non-hydrogen) atoms. The van der Waals surface area contributed by atoms with E-state index in [-0.39, 0.29) is 39.5 Å². The quantitative estimate of drug-likeness (QED) is 0.498. The highest BCUT2D eigenvalue weighted by molar-refractivity contribution is 7.89. The van der Waals surface area contributed by atoms with Gasteiger partial charge in [-0.15, -0.1) is 0 Å². The van der Waals surface area contributed by atoms with Crippen LogP contribution >= 0.6 is 0 Å². The Balaban J connectivity index is 1.73. The van der Waals surface area contributed by atoms with Crippen LogP contribution in [0.5, 0.6) is 11.5 Å². The monoisotopic (exact) mass is 437 g/mol. The fourth-order valence-corrected chi connectivity index (χ4v) is 4.84. The Morgan fingerprint density at radius 1 is 0.806 bits per heavy atom. The zero-order valence-electron chi connectivity index (χ0n) is 16.8. The molecule has 7 nitrogen and oxygen atoms in total. The van der Waals surface area contributed by atoms with Crippen LogP contribution < -0.4 is 14.2 Å². The molecule has 3 aromatic carbocycles. The zero-order valence-corrected chi connectivity index (χ0v) is 17.7. The molecule has 0 atom stereocenters. The molecule has 0 aliphatic heterocycles. The number of carbonyl (C=O) groups excluding carboxylic acids is 2. The maximum absolute atomic E-state index is 13.1. The minimum absolute atomic E-state index is 0.0746. The summed E-state index contributed by atoms with van der Waals surface area (Å²) < 4.78 is 39.3. The van der Waals surface area contributed by atoms with Gasteiger partial charge in [-0.25, -0.2) is 13.1 Å². The second-order valence-corrected chi connectivity index (χ2v) is 8.62. The first-order valence-electron chi connectivity index (χ1n) is 9.39. The molecule has 0 amide bonds. The van der Waals surface area contributed by atoms with E-state index in [1.54, 1.807) is 36.4 Å². The van der Waals surface area contributed by atoms with Crippen molar-refractivity contribution in [2.75, 3.05) is 14.2 Å². The molecule has 1 aliphatic carbocycles. The molecule has 0 fully saturated rings. The predicted octanol–water partition coefficient (Wildman–Crippen LogP) is 2.96. The Morgan fingerprint density at radius 3 is 2.16 bits per heavy atom. The van der Waals surface area contributed by atoms with Gasteiger partial charge in [-0.1, -0.05) is 36.4 Å². The van der Waals surface area contributed by atoms with E-state index in [4.69, 9.17) is 9.47 Å². The molecule has 0 unspecified atom stereocenters. The van der Waals surface area contributed by atoms with Crippen molar-refractivity contribution in [1.82, 2.24) is 4.72 Å². The first-order chi connectivity index (χ1) is 14.9. The Bertz CT molecular complexity index is 1310. The molecule has 4 rings (SSSR count). The van der Waals surface area contributed by atoms with Crippen molar-refractivity contribution in [3.8, 4) is 11.5 Å². The van der Waals surface area contributed by atoms with Gasteiger partial charge in [0.05, 0.1) is 24.7 Å². The van der Waals surface area contributed by atoms with Gasteiger partial charge in [-0.3, -0.25) is 9.59 Å². The summed E-state index contributed by atoms with van der Waals surface area (Å²) in [5.41, 5.74) is 0.977. The fourth-order valence-electron chi connectivity index (χ4n) is 3.61. The largest absolute Gasteiger partial charge is 0.497 e.